The highest BCUT2D eigenvalue weighted by atomic mass is 19.1. The maximum Gasteiger partial charge on any atom is 0.355 e. The van der Waals surface area contributed by atoms with Crippen LogP contribution in [0, 0.1) is 5.82 Å². The lowest BCUT2D eigenvalue weighted by Crippen LogP contribution is -2.38. The molecule has 1 aromatic rings. The second-order valence-electron chi connectivity index (χ2n) is 6.02. The number of carbonyl (C=O) groups is 2. The number of morpholine rings is 1. The maximum atomic E-state index is 14.9. The van der Waals surface area contributed by atoms with E-state index in [2.05, 4.69) is 0 Å². The van der Waals surface area contributed by atoms with Crippen molar-refractivity contribution in [2.75, 3.05) is 50.3 Å². The Kier molecular flexibility index (Phi) is 6.10. The average molecular weight is 388 g/mol. The van der Waals surface area contributed by atoms with Gasteiger partial charge in [-0.3, -0.25) is 0 Å². The van der Waals surface area contributed by atoms with E-state index in [9.17, 15) is 14.0 Å². The molecule has 2 aliphatic rings. The predicted molar refractivity (Wildman–Crippen MR) is 101 cm³/mol. The Morgan fingerprint density at radius 2 is 1.79 bits per heavy atom. The number of esters is 2. The number of nitrogens with zero attached hydrogens (tertiary/aromatic N) is 2. The van der Waals surface area contributed by atoms with Crippen LogP contribution in [0.4, 0.5) is 15.8 Å². The van der Waals surface area contributed by atoms with Crippen molar-refractivity contribution < 1.29 is 28.2 Å². The van der Waals surface area contributed by atoms with E-state index in [-0.39, 0.29) is 11.3 Å². The van der Waals surface area contributed by atoms with E-state index in [1.807, 2.05) is 4.90 Å². The maximum absolute atomic E-state index is 14.9. The van der Waals surface area contributed by atoms with Crippen LogP contribution in [0.5, 0.6) is 0 Å². The zero-order chi connectivity index (χ0) is 20.1. The first-order valence-corrected chi connectivity index (χ1v) is 8.74. The Morgan fingerprint density at radius 1 is 1.07 bits per heavy atom. The topological polar surface area (TPSA) is 68.3 Å². The van der Waals surface area contributed by atoms with Gasteiger partial charge in [0.05, 0.1) is 44.4 Å². The van der Waals surface area contributed by atoms with Crippen molar-refractivity contribution in [1.29, 1.82) is 0 Å². The van der Waals surface area contributed by atoms with E-state index in [0.717, 1.165) is 0 Å². The Hall–Kier alpha value is -3.13. The van der Waals surface area contributed by atoms with Crippen LogP contribution >= 0.6 is 0 Å². The van der Waals surface area contributed by atoms with Crippen molar-refractivity contribution in [2.24, 2.45) is 0 Å². The lowest BCUT2D eigenvalue weighted by Gasteiger charge is -2.33. The van der Waals surface area contributed by atoms with Gasteiger partial charge in [-0.05, 0) is 24.3 Å². The molecule has 0 radical (unpaired) electrons. The molecule has 0 aromatic heterocycles. The summed E-state index contributed by atoms with van der Waals surface area (Å²) in [6.45, 7) is 1.95. The Morgan fingerprint density at radius 3 is 2.46 bits per heavy atom. The van der Waals surface area contributed by atoms with Gasteiger partial charge in [0.2, 0.25) is 0 Å². The molecule has 0 spiro atoms. The smallest absolute Gasteiger partial charge is 0.355 e. The summed E-state index contributed by atoms with van der Waals surface area (Å²) in [5.41, 5.74) is 0.683. The first-order chi connectivity index (χ1) is 13.6. The minimum absolute atomic E-state index is 0.0107. The molecule has 1 fully saturated rings. The standard InChI is InChI=1S/C20H21FN2O5/c1-26-19(24)14-6-3-4-9-23(17(14)20(25)27-2)16-8-5-7-15(21)18(16)22-10-12-28-13-11-22/h3-9H,10-13H2,1-2H3. The Bertz CT molecular complexity index is 856. The third-order valence-corrected chi connectivity index (χ3v) is 4.44. The van der Waals surface area contributed by atoms with Gasteiger partial charge in [-0.1, -0.05) is 12.1 Å². The van der Waals surface area contributed by atoms with Gasteiger partial charge in [-0.25, -0.2) is 14.0 Å². The fourth-order valence-electron chi connectivity index (χ4n) is 3.15. The number of rotatable bonds is 4. The van der Waals surface area contributed by atoms with Gasteiger partial charge in [0.1, 0.15) is 11.5 Å². The lowest BCUT2D eigenvalue weighted by atomic mass is 10.1. The molecule has 7 nitrogen and oxygen atoms in total. The normalized spacial score (nSPS) is 16.8. The summed E-state index contributed by atoms with van der Waals surface area (Å²) in [6.07, 6.45) is 6.29. The van der Waals surface area contributed by atoms with Crippen LogP contribution in [-0.2, 0) is 23.8 Å². The van der Waals surface area contributed by atoms with Crippen LogP contribution < -0.4 is 9.80 Å². The summed E-state index contributed by atoms with van der Waals surface area (Å²) < 4.78 is 29.9. The number of ether oxygens (including phenoxy) is 3. The molecule has 0 amide bonds. The number of hydrogen-bond donors (Lipinski definition) is 0. The fraction of sp³-hybridized carbons (Fsp3) is 0.300. The third kappa shape index (κ3) is 3.77. The molecule has 2 heterocycles. The van der Waals surface area contributed by atoms with E-state index in [1.54, 1.807) is 30.5 Å². The summed E-state index contributed by atoms with van der Waals surface area (Å²) in [6, 6.07) is 4.59. The van der Waals surface area contributed by atoms with Crippen LogP contribution in [0.1, 0.15) is 0 Å². The second kappa shape index (κ2) is 8.71. The molecule has 0 aliphatic carbocycles. The predicted octanol–water partition coefficient (Wildman–Crippen LogP) is 2.15. The molecular weight excluding hydrogens is 367 g/mol. The molecule has 1 saturated heterocycles. The van der Waals surface area contributed by atoms with Crippen molar-refractivity contribution >= 4 is 23.3 Å². The molecule has 0 atom stereocenters. The monoisotopic (exact) mass is 388 g/mol. The number of benzene rings is 1. The molecule has 1 aromatic carbocycles. The first-order valence-electron chi connectivity index (χ1n) is 8.74. The van der Waals surface area contributed by atoms with Gasteiger partial charge >= 0.3 is 11.9 Å². The van der Waals surface area contributed by atoms with Crippen LogP contribution in [0.25, 0.3) is 0 Å². The quantitative estimate of drug-likeness (QED) is 0.732. The van der Waals surface area contributed by atoms with Crippen molar-refractivity contribution in [3.8, 4) is 0 Å². The van der Waals surface area contributed by atoms with Crippen molar-refractivity contribution in [2.45, 2.75) is 0 Å². The molecule has 0 saturated carbocycles. The van der Waals surface area contributed by atoms with E-state index in [1.165, 1.54) is 31.3 Å². The average Bonchev–Trinajstić information content (AvgIpc) is 2.96. The molecule has 8 heteroatoms. The Balaban J connectivity index is 2.19. The summed E-state index contributed by atoms with van der Waals surface area (Å²) in [5.74, 6) is -1.88. The molecular formula is C20H21FN2O5. The van der Waals surface area contributed by atoms with Crippen molar-refractivity contribution in [1.82, 2.24) is 0 Å². The molecule has 148 valence electrons. The third-order valence-electron chi connectivity index (χ3n) is 4.44. The second-order valence-corrected chi connectivity index (χ2v) is 6.02. The van der Waals surface area contributed by atoms with Gasteiger partial charge in [-0.2, -0.15) is 0 Å². The minimum Gasteiger partial charge on any atom is -0.465 e. The molecule has 0 unspecified atom stereocenters. The number of para-hydroxylation sites is 1. The number of anilines is 2. The summed E-state index contributed by atoms with van der Waals surface area (Å²) in [7, 11) is 2.44. The van der Waals surface area contributed by atoms with Gasteiger partial charge in [0, 0.05) is 19.3 Å². The number of halogens is 1. The molecule has 0 bridgehead atoms. The fourth-order valence-corrected chi connectivity index (χ4v) is 3.15. The molecule has 0 N–H and O–H groups in total. The minimum atomic E-state index is -0.742. The van der Waals surface area contributed by atoms with Crippen LogP contribution in [0.3, 0.4) is 0 Å². The zero-order valence-electron chi connectivity index (χ0n) is 15.7. The highest BCUT2D eigenvalue weighted by Crippen LogP contribution is 2.36. The molecule has 2 aliphatic heterocycles. The number of methoxy groups -OCH3 is 2. The van der Waals surface area contributed by atoms with E-state index in [4.69, 9.17) is 14.2 Å². The largest absolute Gasteiger partial charge is 0.465 e. The summed E-state index contributed by atoms with van der Waals surface area (Å²) in [5, 5.41) is 0. The van der Waals surface area contributed by atoms with Gasteiger partial charge in [0.15, 0.2) is 0 Å². The Labute approximate surface area is 162 Å². The van der Waals surface area contributed by atoms with Gasteiger partial charge in [-0.15, -0.1) is 0 Å². The van der Waals surface area contributed by atoms with Crippen molar-refractivity contribution in [3.63, 3.8) is 0 Å². The first kappa shape index (κ1) is 19.6. The summed E-state index contributed by atoms with van der Waals surface area (Å²) >= 11 is 0. The highest BCUT2D eigenvalue weighted by Gasteiger charge is 2.30. The van der Waals surface area contributed by atoms with E-state index < -0.39 is 17.8 Å². The lowest BCUT2D eigenvalue weighted by molar-refractivity contribution is -0.139. The van der Waals surface area contributed by atoms with Crippen LogP contribution in [-0.4, -0.2) is 52.5 Å². The highest BCUT2D eigenvalue weighted by molar-refractivity contribution is 6.06. The van der Waals surface area contributed by atoms with Gasteiger partial charge in [0.25, 0.3) is 0 Å². The van der Waals surface area contributed by atoms with E-state index >= 15 is 0 Å². The zero-order valence-corrected chi connectivity index (χ0v) is 15.7. The van der Waals surface area contributed by atoms with E-state index in [0.29, 0.717) is 37.7 Å². The number of allylic oxidation sites excluding steroid dienone is 2. The van der Waals surface area contributed by atoms with Crippen molar-refractivity contribution in [3.05, 3.63) is 59.7 Å². The SMILES string of the molecule is COC(=O)C1=C(C(=O)OC)N(c2cccc(F)c2N2CCOCC2)C=CC=C1. The summed E-state index contributed by atoms with van der Waals surface area (Å²) in [4.78, 5) is 28.2. The molecule has 28 heavy (non-hydrogen) atoms. The molecule has 3 rings (SSSR count). The number of carbonyl (C=O) groups excluding carboxylic acids is 2. The van der Waals surface area contributed by atoms with Crippen LogP contribution in [0.2, 0.25) is 0 Å². The van der Waals surface area contributed by atoms with Gasteiger partial charge < -0.3 is 24.0 Å². The number of hydrogen-bond acceptors (Lipinski definition) is 7. The van der Waals surface area contributed by atoms with Crippen LogP contribution in [0.15, 0.2) is 53.9 Å².